The van der Waals surface area contributed by atoms with Gasteiger partial charge in [0.2, 0.25) is 0 Å². The van der Waals surface area contributed by atoms with Gasteiger partial charge in [-0.2, -0.15) is 0 Å². The van der Waals surface area contributed by atoms with E-state index in [0.29, 0.717) is 6.04 Å². The van der Waals surface area contributed by atoms with Crippen LogP contribution in [-0.2, 0) is 12.8 Å². The second-order valence-corrected chi connectivity index (χ2v) is 6.72. The third kappa shape index (κ3) is 2.55. The van der Waals surface area contributed by atoms with Crippen molar-refractivity contribution in [1.82, 2.24) is 5.32 Å². The van der Waals surface area contributed by atoms with Gasteiger partial charge in [-0.3, -0.25) is 0 Å². The van der Waals surface area contributed by atoms with E-state index < -0.39 is 0 Å². The van der Waals surface area contributed by atoms with Crippen LogP contribution in [-0.4, -0.2) is 7.05 Å². The molecular weight excluding hydrogens is 262 g/mol. The summed E-state index contributed by atoms with van der Waals surface area (Å²) in [5.74, 6) is 0. The molecule has 0 saturated carbocycles. The molecule has 106 valence electrons. The van der Waals surface area contributed by atoms with Crippen molar-refractivity contribution in [3.63, 3.8) is 0 Å². The molecule has 20 heavy (non-hydrogen) atoms. The van der Waals surface area contributed by atoms with E-state index in [1.165, 1.54) is 41.0 Å². The average molecular weight is 285 g/mol. The molecule has 0 saturated heterocycles. The molecule has 0 radical (unpaired) electrons. The first-order valence-electron chi connectivity index (χ1n) is 7.71. The predicted octanol–water partition coefficient (Wildman–Crippen LogP) is 4.96. The van der Waals surface area contributed by atoms with Crippen LogP contribution in [0.15, 0.2) is 30.3 Å². The summed E-state index contributed by atoms with van der Waals surface area (Å²) in [5.41, 5.74) is 4.65. The summed E-state index contributed by atoms with van der Waals surface area (Å²) in [6, 6.07) is 12.0. The second-order valence-electron chi connectivity index (χ2n) is 5.60. The fraction of sp³-hybridized carbons (Fsp3) is 0.444. The molecule has 1 heterocycles. The third-order valence-corrected chi connectivity index (χ3v) is 5.62. The van der Waals surface area contributed by atoms with E-state index in [2.05, 4.69) is 49.6 Å². The van der Waals surface area contributed by atoms with E-state index in [-0.39, 0.29) is 0 Å². The van der Waals surface area contributed by atoms with E-state index in [1.807, 2.05) is 11.3 Å². The lowest BCUT2D eigenvalue weighted by molar-refractivity contribution is 0.586. The lowest BCUT2D eigenvalue weighted by Gasteiger charge is -2.18. The van der Waals surface area contributed by atoms with Gasteiger partial charge in [0, 0.05) is 15.8 Å². The zero-order valence-corrected chi connectivity index (χ0v) is 13.2. The Balaban J connectivity index is 1.97. The zero-order chi connectivity index (χ0) is 13.9. The van der Waals surface area contributed by atoms with Crippen LogP contribution in [0.25, 0.3) is 10.4 Å². The van der Waals surface area contributed by atoms with Gasteiger partial charge in [-0.1, -0.05) is 25.1 Å². The molecule has 1 aromatic heterocycles. The minimum atomic E-state index is 0.494. The molecule has 2 heteroatoms. The quantitative estimate of drug-likeness (QED) is 0.836. The molecule has 1 aromatic carbocycles. The van der Waals surface area contributed by atoms with Gasteiger partial charge < -0.3 is 5.32 Å². The number of hydrogen-bond acceptors (Lipinski definition) is 2. The number of rotatable bonds is 4. The molecule has 2 aromatic rings. The van der Waals surface area contributed by atoms with Crippen LogP contribution in [0, 0.1) is 0 Å². The Morgan fingerprint density at radius 1 is 1.15 bits per heavy atom. The summed E-state index contributed by atoms with van der Waals surface area (Å²) in [5, 5.41) is 3.41. The highest BCUT2D eigenvalue weighted by atomic mass is 32.1. The highest BCUT2D eigenvalue weighted by Crippen LogP contribution is 2.37. The van der Waals surface area contributed by atoms with E-state index in [9.17, 15) is 0 Å². The van der Waals surface area contributed by atoms with Crippen molar-refractivity contribution in [1.29, 1.82) is 0 Å². The molecule has 0 bridgehead atoms. The Morgan fingerprint density at radius 2 is 2.00 bits per heavy atom. The maximum absolute atomic E-state index is 3.41. The highest BCUT2D eigenvalue weighted by Gasteiger charge is 2.16. The Kier molecular flexibility index (Phi) is 4.23. The van der Waals surface area contributed by atoms with Crippen molar-refractivity contribution >= 4 is 11.3 Å². The van der Waals surface area contributed by atoms with Gasteiger partial charge in [0.1, 0.15) is 0 Å². The van der Waals surface area contributed by atoms with Gasteiger partial charge in [-0.25, -0.2) is 0 Å². The summed E-state index contributed by atoms with van der Waals surface area (Å²) >= 11 is 1.95. The largest absolute Gasteiger partial charge is 0.312 e. The van der Waals surface area contributed by atoms with Gasteiger partial charge in [0.25, 0.3) is 0 Å². The van der Waals surface area contributed by atoms with Gasteiger partial charge in [0.05, 0.1) is 0 Å². The minimum absolute atomic E-state index is 0.494. The summed E-state index contributed by atoms with van der Waals surface area (Å²) in [7, 11) is 2.05. The summed E-state index contributed by atoms with van der Waals surface area (Å²) < 4.78 is 0. The van der Waals surface area contributed by atoms with Gasteiger partial charge in [-0.15, -0.1) is 11.3 Å². The number of hydrogen-bond donors (Lipinski definition) is 1. The average Bonchev–Trinajstić information content (AvgIpc) is 2.97. The van der Waals surface area contributed by atoms with Crippen LogP contribution in [0.3, 0.4) is 0 Å². The maximum Gasteiger partial charge on any atom is 0.0409 e. The monoisotopic (exact) mass is 285 g/mol. The molecule has 0 amide bonds. The van der Waals surface area contributed by atoms with Crippen molar-refractivity contribution in [2.75, 3.05) is 7.05 Å². The number of benzene rings is 1. The van der Waals surface area contributed by atoms with Gasteiger partial charge in [0.15, 0.2) is 0 Å². The Morgan fingerprint density at radius 3 is 2.80 bits per heavy atom. The smallest absolute Gasteiger partial charge is 0.0409 e. The molecule has 0 fully saturated rings. The lowest BCUT2D eigenvalue weighted by atomic mass is 9.88. The fourth-order valence-electron chi connectivity index (χ4n) is 3.24. The summed E-state index contributed by atoms with van der Waals surface area (Å²) in [4.78, 5) is 2.89. The van der Waals surface area contributed by atoms with Crippen molar-refractivity contribution in [3.05, 3.63) is 46.3 Å². The molecule has 3 rings (SSSR count). The molecule has 1 aliphatic rings. The van der Waals surface area contributed by atoms with Crippen molar-refractivity contribution in [2.45, 2.75) is 45.1 Å². The maximum atomic E-state index is 3.41. The molecule has 1 nitrogen and oxygen atoms in total. The molecular formula is C18H23NS. The third-order valence-electron chi connectivity index (χ3n) is 4.39. The first-order valence-corrected chi connectivity index (χ1v) is 8.53. The normalized spacial score (nSPS) is 15.9. The number of thiophene rings is 1. The predicted molar refractivity (Wildman–Crippen MR) is 88.5 cm³/mol. The Hall–Kier alpha value is -1.12. The minimum Gasteiger partial charge on any atom is -0.312 e. The summed E-state index contributed by atoms with van der Waals surface area (Å²) in [6.45, 7) is 2.24. The zero-order valence-electron chi connectivity index (χ0n) is 12.4. The fourth-order valence-corrected chi connectivity index (χ4v) is 4.50. The van der Waals surface area contributed by atoms with Gasteiger partial charge >= 0.3 is 0 Å². The van der Waals surface area contributed by atoms with E-state index in [4.69, 9.17) is 0 Å². The van der Waals surface area contributed by atoms with E-state index >= 15 is 0 Å². The number of nitrogens with one attached hydrogen (secondary N) is 1. The van der Waals surface area contributed by atoms with Crippen LogP contribution in [0.1, 0.15) is 48.2 Å². The lowest BCUT2D eigenvalue weighted by Crippen LogP contribution is -2.13. The molecule has 1 aliphatic carbocycles. The molecule has 1 N–H and O–H groups in total. The number of fused-ring (bicyclic) bond motifs is 1. The molecule has 0 spiro atoms. The van der Waals surface area contributed by atoms with Gasteiger partial charge in [-0.05, 0) is 68.0 Å². The van der Waals surface area contributed by atoms with Crippen molar-refractivity contribution in [3.8, 4) is 10.4 Å². The first kappa shape index (κ1) is 13.8. The Labute approximate surface area is 126 Å². The van der Waals surface area contributed by atoms with Crippen LogP contribution < -0.4 is 5.32 Å². The van der Waals surface area contributed by atoms with Crippen molar-refractivity contribution in [2.24, 2.45) is 0 Å². The molecule has 0 aliphatic heterocycles. The van der Waals surface area contributed by atoms with Crippen LogP contribution in [0.5, 0.6) is 0 Å². The second kappa shape index (κ2) is 6.11. The van der Waals surface area contributed by atoms with Crippen LogP contribution >= 0.6 is 11.3 Å². The van der Waals surface area contributed by atoms with Crippen LogP contribution in [0.4, 0.5) is 0 Å². The Bertz CT molecular complexity index is 581. The van der Waals surface area contributed by atoms with Crippen molar-refractivity contribution < 1.29 is 0 Å². The van der Waals surface area contributed by atoms with E-state index in [0.717, 1.165) is 6.42 Å². The first-order chi connectivity index (χ1) is 9.83. The molecule has 1 atom stereocenters. The van der Waals surface area contributed by atoms with Crippen LogP contribution in [0.2, 0.25) is 0 Å². The molecule has 1 unspecified atom stereocenters. The van der Waals surface area contributed by atoms with E-state index in [1.54, 1.807) is 11.1 Å². The topological polar surface area (TPSA) is 12.0 Å². The summed E-state index contributed by atoms with van der Waals surface area (Å²) in [6.07, 6.45) is 6.35. The standard InChI is InChI=1S/C18H23NS/c1-3-16(19-2)18-12-11-17(20-18)15-10-6-8-13-7-4-5-9-14(13)15/h6,8,10-12,16,19H,3-5,7,9H2,1-2H3. The SMILES string of the molecule is CCC(NC)c1ccc(-c2cccc3c2CCCC3)s1. The number of aryl methyl sites for hydroxylation is 1. The highest BCUT2D eigenvalue weighted by molar-refractivity contribution is 7.15.